The maximum Gasteiger partial charge on any atom is 0.410 e. The number of piperidine rings is 2. The second-order valence-corrected chi connectivity index (χ2v) is 8.70. The molecule has 0 aromatic carbocycles. The molecule has 5 nitrogen and oxygen atoms in total. The Morgan fingerprint density at radius 1 is 1.04 bits per heavy atom. The van der Waals surface area contributed by atoms with Crippen LogP contribution < -0.4 is 0 Å². The summed E-state index contributed by atoms with van der Waals surface area (Å²) < 4.78 is 11.9. The molecule has 2 heterocycles. The average molecular weight is 326 g/mol. The van der Waals surface area contributed by atoms with Crippen LogP contribution in [0.15, 0.2) is 0 Å². The van der Waals surface area contributed by atoms with Gasteiger partial charge in [-0.2, -0.15) is 0 Å². The summed E-state index contributed by atoms with van der Waals surface area (Å²) in [5.74, 6) is 0. The number of amides is 1. The van der Waals surface area contributed by atoms with Crippen LogP contribution in [0.1, 0.15) is 60.3 Å². The number of ether oxygens (including phenoxy) is 2. The van der Waals surface area contributed by atoms with Gasteiger partial charge < -0.3 is 19.3 Å². The first-order valence-electron chi connectivity index (χ1n) is 8.91. The molecule has 0 N–H and O–H groups in total. The molecule has 5 heteroatoms. The van der Waals surface area contributed by atoms with Crippen LogP contribution in [-0.2, 0) is 9.47 Å². The van der Waals surface area contributed by atoms with Gasteiger partial charge in [-0.05, 0) is 67.3 Å². The van der Waals surface area contributed by atoms with Crippen molar-refractivity contribution in [3.8, 4) is 0 Å². The average Bonchev–Trinajstić information content (AvgIpc) is 2.38. The van der Waals surface area contributed by atoms with Crippen molar-refractivity contribution in [2.24, 2.45) is 0 Å². The lowest BCUT2D eigenvalue weighted by atomic mass is 9.88. The highest BCUT2D eigenvalue weighted by atomic mass is 16.6. The number of rotatable bonds is 2. The van der Waals surface area contributed by atoms with Crippen molar-refractivity contribution in [3.05, 3.63) is 0 Å². The molecule has 1 amide bonds. The van der Waals surface area contributed by atoms with E-state index >= 15 is 0 Å². The van der Waals surface area contributed by atoms with Crippen molar-refractivity contribution in [1.82, 2.24) is 9.80 Å². The zero-order valence-corrected chi connectivity index (χ0v) is 15.7. The lowest BCUT2D eigenvalue weighted by molar-refractivity contribution is -0.0911. The normalized spacial score (nSPS) is 27.0. The van der Waals surface area contributed by atoms with Crippen molar-refractivity contribution in [1.29, 1.82) is 0 Å². The SMILES string of the molecule is CN1CCC(OC2CCN(C(=O)OC(C)(C)C)C(C)(C)C2)CC1. The van der Waals surface area contributed by atoms with Crippen LogP contribution in [0.4, 0.5) is 4.79 Å². The molecule has 1 atom stereocenters. The summed E-state index contributed by atoms with van der Waals surface area (Å²) >= 11 is 0. The molecule has 2 aliphatic heterocycles. The van der Waals surface area contributed by atoms with Crippen molar-refractivity contribution in [2.45, 2.75) is 83.6 Å². The summed E-state index contributed by atoms with van der Waals surface area (Å²) in [6, 6.07) is 0. The minimum atomic E-state index is -0.450. The fourth-order valence-electron chi connectivity index (χ4n) is 3.51. The number of hydrogen-bond donors (Lipinski definition) is 0. The lowest BCUT2D eigenvalue weighted by Gasteiger charge is -2.46. The summed E-state index contributed by atoms with van der Waals surface area (Å²) in [5, 5.41) is 0. The van der Waals surface area contributed by atoms with Gasteiger partial charge in [-0.1, -0.05) is 0 Å². The monoisotopic (exact) mass is 326 g/mol. The van der Waals surface area contributed by atoms with E-state index in [9.17, 15) is 4.79 Å². The highest BCUT2D eigenvalue weighted by molar-refractivity contribution is 5.69. The number of hydrogen-bond acceptors (Lipinski definition) is 4. The molecule has 2 rings (SSSR count). The standard InChI is InChI=1S/C18H34N2O3/c1-17(2,3)23-16(21)20-12-9-15(13-18(20,4)5)22-14-7-10-19(6)11-8-14/h14-15H,7-13H2,1-6H3. The highest BCUT2D eigenvalue weighted by Crippen LogP contribution is 2.32. The summed E-state index contributed by atoms with van der Waals surface area (Å²) in [4.78, 5) is 16.6. The molecular formula is C18H34N2O3. The molecule has 1 unspecified atom stereocenters. The first kappa shape index (κ1) is 18.5. The summed E-state index contributed by atoms with van der Waals surface area (Å²) in [7, 11) is 2.17. The van der Waals surface area contributed by atoms with Crippen molar-refractivity contribution >= 4 is 6.09 Å². The molecule has 2 fully saturated rings. The molecule has 0 saturated carbocycles. The van der Waals surface area contributed by atoms with Crippen LogP contribution in [0.3, 0.4) is 0 Å². The molecule has 0 spiro atoms. The molecule has 0 bridgehead atoms. The van der Waals surface area contributed by atoms with Crippen LogP contribution in [0.5, 0.6) is 0 Å². The van der Waals surface area contributed by atoms with Gasteiger partial charge in [0.1, 0.15) is 5.60 Å². The summed E-state index contributed by atoms with van der Waals surface area (Å²) in [5.41, 5.74) is -0.675. The highest BCUT2D eigenvalue weighted by Gasteiger charge is 2.40. The second-order valence-electron chi connectivity index (χ2n) is 8.70. The van der Waals surface area contributed by atoms with Gasteiger partial charge in [-0.25, -0.2) is 4.79 Å². The van der Waals surface area contributed by atoms with E-state index in [0.717, 1.165) is 38.8 Å². The minimum absolute atomic E-state index is 0.208. The van der Waals surface area contributed by atoms with E-state index in [2.05, 4.69) is 25.8 Å². The molecule has 23 heavy (non-hydrogen) atoms. The van der Waals surface area contributed by atoms with Gasteiger partial charge >= 0.3 is 6.09 Å². The Hall–Kier alpha value is -0.810. The van der Waals surface area contributed by atoms with E-state index in [1.54, 1.807) is 0 Å². The van der Waals surface area contributed by atoms with Gasteiger partial charge in [-0.15, -0.1) is 0 Å². The van der Waals surface area contributed by atoms with E-state index in [4.69, 9.17) is 9.47 Å². The fourth-order valence-corrected chi connectivity index (χ4v) is 3.51. The summed E-state index contributed by atoms with van der Waals surface area (Å²) in [6.45, 7) is 12.9. The predicted octanol–water partition coefficient (Wildman–Crippen LogP) is 3.28. The van der Waals surface area contributed by atoms with Crippen LogP contribution in [0, 0.1) is 0 Å². The largest absolute Gasteiger partial charge is 0.444 e. The number of carbonyl (C=O) groups excluding carboxylic acids is 1. The Morgan fingerprint density at radius 3 is 2.13 bits per heavy atom. The van der Waals surface area contributed by atoms with Crippen molar-refractivity contribution in [3.63, 3.8) is 0 Å². The van der Waals surface area contributed by atoms with Gasteiger partial charge in [0.15, 0.2) is 0 Å². The van der Waals surface area contributed by atoms with Gasteiger partial charge in [0.25, 0.3) is 0 Å². The Labute approximate surface area is 141 Å². The Kier molecular flexibility index (Phi) is 5.62. The molecular weight excluding hydrogens is 292 g/mol. The third kappa shape index (κ3) is 5.35. The Bertz CT molecular complexity index is 409. The predicted molar refractivity (Wildman–Crippen MR) is 91.6 cm³/mol. The Balaban J connectivity index is 1.88. The van der Waals surface area contributed by atoms with Crippen molar-refractivity contribution < 1.29 is 14.3 Å². The van der Waals surface area contributed by atoms with Crippen molar-refractivity contribution in [2.75, 3.05) is 26.7 Å². The first-order valence-corrected chi connectivity index (χ1v) is 8.91. The maximum absolute atomic E-state index is 12.4. The Morgan fingerprint density at radius 2 is 1.61 bits per heavy atom. The lowest BCUT2D eigenvalue weighted by Crippen LogP contribution is -2.56. The zero-order valence-electron chi connectivity index (χ0n) is 15.7. The topological polar surface area (TPSA) is 42.0 Å². The van der Waals surface area contributed by atoms with Gasteiger partial charge in [0, 0.05) is 25.2 Å². The molecule has 0 radical (unpaired) electrons. The zero-order chi connectivity index (χ0) is 17.3. The van der Waals surface area contributed by atoms with E-state index in [1.165, 1.54) is 0 Å². The molecule has 2 aliphatic rings. The third-order valence-electron chi connectivity index (χ3n) is 4.80. The van der Waals surface area contributed by atoms with E-state index in [0.29, 0.717) is 12.6 Å². The second kappa shape index (κ2) is 6.98. The molecule has 2 saturated heterocycles. The number of carbonyl (C=O) groups is 1. The fraction of sp³-hybridized carbons (Fsp3) is 0.944. The molecule has 0 aliphatic carbocycles. The van der Waals surface area contributed by atoms with Gasteiger partial charge in [0.2, 0.25) is 0 Å². The molecule has 134 valence electrons. The van der Waals surface area contributed by atoms with E-state index in [-0.39, 0.29) is 17.7 Å². The van der Waals surface area contributed by atoms with E-state index in [1.807, 2.05) is 25.7 Å². The maximum atomic E-state index is 12.4. The third-order valence-corrected chi connectivity index (χ3v) is 4.80. The van der Waals surface area contributed by atoms with Crippen LogP contribution in [0.25, 0.3) is 0 Å². The first-order chi connectivity index (χ1) is 10.6. The van der Waals surface area contributed by atoms with Gasteiger partial charge in [0.05, 0.1) is 12.2 Å². The molecule has 0 aromatic rings. The smallest absolute Gasteiger partial charge is 0.410 e. The number of likely N-dealkylation sites (tertiary alicyclic amines) is 2. The van der Waals surface area contributed by atoms with Gasteiger partial charge in [-0.3, -0.25) is 0 Å². The van der Waals surface area contributed by atoms with Crippen LogP contribution >= 0.6 is 0 Å². The number of nitrogens with zero attached hydrogens (tertiary/aromatic N) is 2. The molecule has 0 aromatic heterocycles. The quantitative estimate of drug-likeness (QED) is 0.781. The van der Waals surface area contributed by atoms with Crippen LogP contribution in [0.2, 0.25) is 0 Å². The summed E-state index contributed by atoms with van der Waals surface area (Å²) in [6.07, 6.45) is 4.41. The van der Waals surface area contributed by atoms with E-state index < -0.39 is 5.60 Å². The minimum Gasteiger partial charge on any atom is -0.444 e. The van der Waals surface area contributed by atoms with Crippen LogP contribution in [-0.4, -0.2) is 65.9 Å².